The van der Waals surface area contributed by atoms with Crippen molar-refractivity contribution in [3.63, 3.8) is 0 Å². The summed E-state index contributed by atoms with van der Waals surface area (Å²) in [5.74, 6) is 0.887. The number of hydrogen-bond donors (Lipinski definition) is 1. The van der Waals surface area contributed by atoms with Crippen LogP contribution in [0, 0.1) is 0 Å². The maximum atomic E-state index is 6.16. The maximum absolute atomic E-state index is 6.16. The van der Waals surface area contributed by atoms with Crippen LogP contribution in [0.2, 0.25) is 5.02 Å². The molecule has 1 aromatic heterocycles. The number of anilines is 1. The van der Waals surface area contributed by atoms with Crippen molar-refractivity contribution in [1.29, 1.82) is 0 Å². The second-order valence-corrected chi connectivity index (χ2v) is 4.63. The topological polar surface area (TPSA) is 43.8 Å². The molecule has 0 fully saturated rings. The molecule has 1 heterocycles. The highest BCUT2D eigenvalue weighted by Crippen LogP contribution is 2.28. The Bertz CT molecular complexity index is 714. The Labute approximate surface area is 110 Å². The van der Waals surface area contributed by atoms with Crippen LogP contribution in [0.4, 0.5) is 5.69 Å². The van der Waals surface area contributed by atoms with Crippen molar-refractivity contribution in [1.82, 2.24) is 9.55 Å². The van der Waals surface area contributed by atoms with Gasteiger partial charge < -0.3 is 10.3 Å². The highest BCUT2D eigenvalue weighted by Gasteiger charge is 2.11. The lowest BCUT2D eigenvalue weighted by atomic mass is 10.2. The maximum Gasteiger partial charge on any atom is 0.140 e. The van der Waals surface area contributed by atoms with Crippen LogP contribution in [0.1, 0.15) is 0 Å². The molecular weight excluding hydrogens is 246 g/mol. The zero-order valence-corrected chi connectivity index (χ0v) is 10.6. The summed E-state index contributed by atoms with van der Waals surface area (Å²) in [6.07, 6.45) is 0. The van der Waals surface area contributed by atoms with Gasteiger partial charge in [-0.3, -0.25) is 0 Å². The molecular formula is C14H12ClN3. The number of rotatable bonds is 1. The number of imidazole rings is 1. The van der Waals surface area contributed by atoms with E-state index in [9.17, 15) is 0 Å². The summed E-state index contributed by atoms with van der Waals surface area (Å²) in [5, 5.41) is 0.671. The molecule has 0 radical (unpaired) electrons. The van der Waals surface area contributed by atoms with Crippen LogP contribution in [0.15, 0.2) is 42.5 Å². The molecule has 90 valence electrons. The van der Waals surface area contributed by atoms with Crippen molar-refractivity contribution in [2.45, 2.75) is 0 Å². The van der Waals surface area contributed by atoms with Gasteiger partial charge in [-0.05, 0) is 36.4 Å². The van der Waals surface area contributed by atoms with E-state index in [1.807, 2.05) is 54.1 Å². The van der Waals surface area contributed by atoms with Gasteiger partial charge in [0.05, 0.1) is 10.5 Å². The lowest BCUT2D eigenvalue weighted by Gasteiger charge is -2.02. The number of hydrogen-bond acceptors (Lipinski definition) is 2. The van der Waals surface area contributed by atoms with Gasteiger partial charge in [-0.2, -0.15) is 0 Å². The Kier molecular flexibility index (Phi) is 2.49. The van der Waals surface area contributed by atoms with E-state index in [-0.39, 0.29) is 0 Å². The molecule has 0 saturated carbocycles. The van der Waals surface area contributed by atoms with Crippen molar-refractivity contribution >= 4 is 28.3 Å². The minimum atomic E-state index is 0.671. The van der Waals surface area contributed by atoms with Crippen LogP contribution in [0.25, 0.3) is 22.4 Å². The summed E-state index contributed by atoms with van der Waals surface area (Å²) in [5.41, 5.74) is 9.32. The smallest absolute Gasteiger partial charge is 0.140 e. The standard InChI is InChI=1S/C14H12ClN3/c1-18-12-4-2-3-11(15)13(12)17-14(18)9-5-7-10(16)8-6-9/h2-8H,16H2,1H3. The van der Waals surface area contributed by atoms with Gasteiger partial charge in [0.1, 0.15) is 11.3 Å². The minimum Gasteiger partial charge on any atom is -0.399 e. The van der Waals surface area contributed by atoms with Crippen molar-refractivity contribution in [3.8, 4) is 11.4 Å². The van der Waals surface area contributed by atoms with E-state index >= 15 is 0 Å². The predicted molar refractivity (Wildman–Crippen MR) is 75.6 cm³/mol. The van der Waals surface area contributed by atoms with Crippen molar-refractivity contribution in [3.05, 3.63) is 47.5 Å². The highest BCUT2D eigenvalue weighted by atomic mass is 35.5. The minimum absolute atomic E-state index is 0.671. The molecule has 0 saturated heterocycles. The molecule has 0 amide bonds. The molecule has 4 heteroatoms. The van der Waals surface area contributed by atoms with Crippen molar-refractivity contribution in [2.24, 2.45) is 7.05 Å². The zero-order valence-electron chi connectivity index (χ0n) is 9.89. The van der Waals surface area contributed by atoms with Crippen LogP contribution in [-0.4, -0.2) is 9.55 Å². The first-order valence-corrected chi connectivity index (χ1v) is 6.01. The molecule has 0 aliphatic carbocycles. The number of nitrogens with two attached hydrogens (primary N) is 1. The molecule has 3 aromatic rings. The molecule has 2 aromatic carbocycles. The predicted octanol–water partition coefficient (Wildman–Crippen LogP) is 3.48. The lowest BCUT2D eigenvalue weighted by molar-refractivity contribution is 0.959. The molecule has 0 unspecified atom stereocenters. The summed E-state index contributed by atoms with van der Waals surface area (Å²) in [7, 11) is 1.98. The molecule has 3 rings (SSSR count). The van der Waals surface area contributed by atoms with Crippen molar-refractivity contribution in [2.75, 3.05) is 5.73 Å². The Hall–Kier alpha value is -2.00. The lowest BCUT2D eigenvalue weighted by Crippen LogP contribution is -1.92. The largest absolute Gasteiger partial charge is 0.399 e. The summed E-state index contributed by atoms with van der Waals surface area (Å²) in [4.78, 5) is 4.60. The van der Waals surface area contributed by atoms with E-state index in [4.69, 9.17) is 17.3 Å². The van der Waals surface area contributed by atoms with E-state index in [1.165, 1.54) is 0 Å². The Morgan fingerprint density at radius 1 is 1.11 bits per heavy atom. The number of halogens is 1. The number of nitrogen functional groups attached to an aromatic ring is 1. The first kappa shape index (κ1) is 11.1. The van der Waals surface area contributed by atoms with E-state index in [0.29, 0.717) is 5.02 Å². The van der Waals surface area contributed by atoms with Gasteiger partial charge >= 0.3 is 0 Å². The van der Waals surface area contributed by atoms with E-state index < -0.39 is 0 Å². The van der Waals surface area contributed by atoms with Gasteiger partial charge in [0, 0.05) is 18.3 Å². The second kappa shape index (κ2) is 4.03. The summed E-state index contributed by atoms with van der Waals surface area (Å²) < 4.78 is 2.03. The molecule has 3 nitrogen and oxygen atoms in total. The van der Waals surface area contributed by atoms with E-state index in [1.54, 1.807) is 0 Å². The molecule has 2 N–H and O–H groups in total. The number of aryl methyl sites for hydroxylation is 1. The quantitative estimate of drug-likeness (QED) is 0.679. The van der Waals surface area contributed by atoms with Crippen LogP contribution in [0.5, 0.6) is 0 Å². The van der Waals surface area contributed by atoms with Crippen LogP contribution >= 0.6 is 11.6 Å². The van der Waals surface area contributed by atoms with Crippen LogP contribution in [0.3, 0.4) is 0 Å². The molecule has 0 bridgehead atoms. The molecule has 18 heavy (non-hydrogen) atoms. The summed E-state index contributed by atoms with van der Waals surface area (Å²) in [6.45, 7) is 0. The Balaban J connectivity index is 2.27. The van der Waals surface area contributed by atoms with Gasteiger partial charge in [0.15, 0.2) is 0 Å². The number of fused-ring (bicyclic) bond motifs is 1. The van der Waals surface area contributed by atoms with Crippen LogP contribution < -0.4 is 5.73 Å². The fourth-order valence-electron chi connectivity index (χ4n) is 2.07. The van der Waals surface area contributed by atoms with Gasteiger partial charge in [0.2, 0.25) is 0 Å². The normalized spacial score (nSPS) is 11.0. The molecule has 0 atom stereocenters. The first-order valence-electron chi connectivity index (χ1n) is 5.63. The third-order valence-corrected chi connectivity index (χ3v) is 3.34. The average Bonchev–Trinajstić information content (AvgIpc) is 2.70. The Morgan fingerprint density at radius 2 is 1.83 bits per heavy atom. The Morgan fingerprint density at radius 3 is 2.50 bits per heavy atom. The van der Waals surface area contributed by atoms with Gasteiger partial charge in [-0.25, -0.2) is 4.98 Å². The van der Waals surface area contributed by atoms with Gasteiger partial charge in [-0.1, -0.05) is 17.7 Å². The zero-order chi connectivity index (χ0) is 12.7. The molecule has 0 spiro atoms. The average molecular weight is 258 g/mol. The SMILES string of the molecule is Cn1c(-c2ccc(N)cc2)nc2c(Cl)cccc21. The number of benzene rings is 2. The molecule has 0 aliphatic rings. The summed E-state index contributed by atoms with van der Waals surface area (Å²) in [6, 6.07) is 13.5. The monoisotopic (exact) mass is 257 g/mol. The first-order chi connectivity index (χ1) is 8.66. The third kappa shape index (κ3) is 1.64. The van der Waals surface area contributed by atoms with E-state index in [0.717, 1.165) is 28.1 Å². The third-order valence-electron chi connectivity index (χ3n) is 3.03. The van der Waals surface area contributed by atoms with E-state index in [2.05, 4.69) is 4.98 Å². The second-order valence-electron chi connectivity index (χ2n) is 4.22. The number of nitrogens with zero attached hydrogens (tertiary/aromatic N) is 2. The van der Waals surface area contributed by atoms with Crippen molar-refractivity contribution < 1.29 is 0 Å². The number of para-hydroxylation sites is 1. The highest BCUT2D eigenvalue weighted by molar-refractivity contribution is 6.35. The fraction of sp³-hybridized carbons (Fsp3) is 0.0714. The molecule has 0 aliphatic heterocycles. The fourth-order valence-corrected chi connectivity index (χ4v) is 2.28. The number of aromatic nitrogens is 2. The van der Waals surface area contributed by atoms with Gasteiger partial charge in [-0.15, -0.1) is 0 Å². The summed E-state index contributed by atoms with van der Waals surface area (Å²) >= 11 is 6.16. The van der Waals surface area contributed by atoms with Gasteiger partial charge in [0.25, 0.3) is 0 Å². The van der Waals surface area contributed by atoms with Crippen LogP contribution in [-0.2, 0) is 7.05 Å².